The summed E-state index contributed by atoms with van der Waals surface area (Å²) in [4.78, 5) is 0. The average Bonchev–Trinajstić information content (AvgIpc) is 2.47. The zero-order valence-corrected chi connectivity index (χ0v) is 13.6. The van der Waals surface area contributed by atoms with Crippen LogP contribution in [0, 0.1) is 0 Å². The van der Waals surface area contributed by atoms with Crippen LogP contribution in [-0.4, -0.2) is 15.0 Å². The molecule has 0 atom stereocenters. The van der Waals surface area contributed by atoms with Gasteiger partial charge in [0.2, 0.25) is 0 Å². The highest BCUT2D eigenvalue weighted by molar-refractivity contribution is 7.95. The molecule has 116 valence electrons. The van der Waals surface area contributed by atoms with Gasteiger partial charge >= 0.3 is 0 Å². The lowest BCUT2D eigenvalue weighted by molar-refractivity contribution is 0.340. The molecule has 0 aliphatic carbocycles. The first-order chi connectivity index (χ1) is 10.5. The first-order valence-electron chi connectivity index (χ1n) is 6.68. The highest BCUT2D eigenvalue weighted by Gasteiger charge is 2.06. The zero-order chi connectivity index (χ0) is 16.0. The highest BCUT2D eigenvalue weighted by atomic mass is 35.5. The molecule has 22 heavy (non-hydrogen) atoms. The molecular formula is C16H16ClNO3S. The van der Waals surface area contributed by atoms with Gasteiger partial charge in [-0.2, -0.15) is 0 Å². The van der Waals surface area contributed by atoms with Crippen molar-refractivity contribution in [3.8, 4) is 5.75 Å². The fraction of sp³-hybridized carbons (Fsp3) is 0.125. The molecule has 0 aliphatic heterocycles. The number of benzene rings is 2. The van der Waals surface area contributed by atoms with E-state index in [1.54, 1.807) is 48.5 Å². The Kier molecular flexibility index (Phi) is 5.46. The molecular weight excluding hydrogens is 322 g/mol. The predicted molar refractivity (Wildman–Crippen MR) is 90.6 cm³/mol. The van der Waals surface area contributed by atoms with Crippen molar-refractivity contribution in [1.29, 1.82) is 0 Å². The first kappa shape index (κ1) is 16.4. The van der Waals surface area contributed by atoms with Gasteiger partial charge in [0.15, 0.2) is 0 Å². The van der Waals surface area contributed by atoms with E-state index in [2.05, 4.69) is 4.72 Å². The Bertz CT molecular complexity index is 755. The molecule has 0 fully saturated rings. The summed E-state index contributed by atoms with van der Waals surface area (Å²) < 4.78 is 31.9. The van der Waals surface area contributed by atoms with Gasteiger partial charge in [0.1, 0.15) is 5.75 Å². The topological polar surface area (TPSA) is 55.4 Å². The lowest BCUT2D eigenvalue weighted by atomic mass is 10.2. The number of rotatable bonds is 6. The number of halogens is 1. The number of sulfonamides is 1. The minimum Gasteiger partial charge on any atom is -0.494 e. The molecule has 4 nitrogen and oxygen atoms in total. The molecule has 2 aromatic carbocycles. The van der Waals surface area contributed by atoms with Gasteiger partial charge in [0, 0.05) is 11.1 Å². The van der Waals surface area contributed by atoms with Crippen LogP contribution in [0.4, 0.5) is 5.69 Å². The molecule has 0 saturated carbocycles. The summed E-state index contributed by atoms with van der Waals surface area (Å²) in [5.41, 5.74) is 1.20. The van der Waals surface area contributed by atoms with Gasteiger partial charge in [-0.05, 0) is 42.8 Å². The van der Waals surface area contributed by atoms with Crippen LogP contribution in [-0.2, 0) is 10.0 Å². The standard InChI is InChI=1S/C16H16ClNO3S/c1-2-21-16-5-3-4-15(12-16)18-22(19,20)11-10-13-6-8-14(17)9-7-13/h3-12,18H,2H2,1H3. The Morgan fingerprint density at radius 2 is 1.91 bits per heavy atom. The van der Waals surface area contributed by atoms with Crippen molar-refractivity contribution in [1.82, 2.24) is 0 Å². The van der Waals surface area contributed by atoms with Crippen LogP contribution >= 0.6 is 11.6 Å². The van der Waals surface area contributed by atoms with Crippen LogP contribution in [0.1, 0.15) is 12.5 Å². The Morgan fingerprint density at radius 3 is 2.59 bits per heavy atom. The van der Waals surface area contributed by atoms with E-state index in [0.717, 1.165) is 11.0 Å². The van der Waals surface area contributed by atoms with Gasteiger partial charge < -0.3 is 4.74 Å². The number of hydrogen-bond donors (Lipinski definition) is 1. The van der Waals surface area contributed by atoms with E-state index in [0.29, 0.717) is 23.1 Å². The molecule has 2 rings (SSSR count). The SMILES string of the molecule is CCOc1cccc(NS(=O)(=O)C=Cc2ccc(Cl)cc2)c1. The average molecular weight is 338 g/mol. The summed E-state index contributed by atoms with van der Waals surface area (Å²) in [6, 6.07) is 13.7. The van der Waals surface area contributed by atoms with E-state index < -0.39 is 10.0 Å². The second kappa shape index (κ2) is 7.33. The van der Waals surface area contributed by atoms with Crippen LogP contribution in [0.3, 0.4) is 0 Å². The second-order valence-electron chi connectivity index (χ2n) is 4.46. The minimum absolute atomic E-state index is 0.451. The maximum absolute atomic E-state index is 12.0. The predicted octanol–water partition coefficient (Wildman–Crippen LogP) is 4.15. The van der Waals surface area contributed by atoms with Crippen molar-refractivity contribution >= 4 is 33.4 Å². The molecule has 0 bridgehead atoms. The Hall–Kier alpha value is -1.98. The normalized spacial score (nSPS) is 11.5. The van der Waals surface area contributed by atoms with E-state index in [1.807, 2.05) is 6.92 Å². The third kappa shape index (κ3) is 5.09. The largest absolute Gasteiger partial charge is 0.494 e. The summed E-state index contributed by atoms with van der Waals surface area (Å²) in [5, 5.41) is 1.72. The summed E-state index contributed by atoms with van der Waals surface area (Å²) in [7, 11) is -3.59. The lowest BCUT2D eigenvalue weighted by Gasteiger charge is -2.07. The van der Waals surface area contributed by atoms with Crippen molar-refractivity contribution in [2.45, 2.75) is 6.92 Å². The van der Waals surface area contributed by atoms with Crippen molar-refractivity contribution in [3.63, 3.8) is 0 Å². The van der Waals surface area contributed by atoms with Gasteiger partial charge in [-0.25, -0.2) is 8.42 Å². The van der Waals surface area contributed by atoms with Crippen LogP contribution in [0.15, 0.2) is 53.9 Å². The number of ether oxygens (including phenoxy) is 1. The summed E-state index contributed by atoms with van der Waals surface area (Å²) in [5.74, 6) is 0.615. The number of hydrogen-bond acceptors (Lipinski definition) is 3. The van der Waals surface area contributed by atoms with Crippen LogP contribution < -0.4 is 9.46 Å². The van der Waals surface area contributed by atoms with Gasteiger partial charge in [0.25, 0.3) is 10.0 Å². The van der Waals surface area contributed by atoms with E-state index in [1.165, 1.54) is 6.08 Å². The maximum atomic E-state index is 12.0. The van der Waals surface area contributed by atoms with Crippen molar-refractivity contribution < 1.29 is 13.2 Å². The molecule has 1 N–H and O–H groups in total. The van der Waals surface area contributed by atoms with Crippen molar-refractivity contribution in [2.24, 2.45) is 0 Å². The van der Waals surface area contributed by atoms with E-state index in [-0.39, 0.29) is 0 Å². The summed E-state index contributed by atoms with van der Waals surface area (Å²) >= 11 is 5.78. The Labute approximate surface area is 135 Å². The van der Waals surface area contributed by atoms with Gasteiger partial charge in [-0.15, -0.1) is 0 Å². The number of nitrogens with one attached hydrogen (secondary N) is 1. The third-order valence-electron chi connectivity index (χ3n) is 2.71. The molecule has 0 heterocycles. The van der Waals surface area contributed by atoms with E-state index in [4.69, 9.17) is 16.3 Å². The van der Waals surface area contributed by atoms with Crippen molar-refractivity contribution in [3.05, 3.63) is 64.5 Å². The fourth-order valence-electron chi connectivity index (χ4n) is 1.76. The quantitative estimate of drug-likeness (QED) is 0.861. The Morgan fingerprint density at radius 1 is 1.18 bits per heavy atom. The summed E-state index contributed by atoms with van der Waals surface area (Å²) in [6.07, 6.45) is 1.51. The van der Waals surface area contributed by atoms with Crippen LogP contribution in [0.5, 0.6) is 5.75 Å². The molecule has 0 amide bonds. The number of anilines is 1. The van der Waals surface area contributed by atoms with Gasteiger partial charge in [0.05, 0.1) is 17.7 Å². The third-order valence-corrected chi connectivity index (χ3v) is 3.98. The maximum Gasteiger partial charge on any atom is 0.255 e. The molecule has 0 unspecified atom stereocenters. The van der Waals surface area contributed by atoms with Gasteiger partial charge in [-0.1, -0.05) is 29.8 Å². The monoisotopic (exact) mass is 337 g/mol. The molecule has 0 aromatic heterocycles. The lowest BCUT2D eigenvalue weighted by Crippen LogP contribution is -2.08. The molecule has 0 aliphatic rings. The molecule has 2 aromatic rings. The molecule has 0 saturated heterocycles. The van der Waals surface area contributed by atoms with Crippen molar-refractivity contribution in [2.75, 3.05) is 11.3 Å². The zero-order valence-electron chi connectivity index (χ0n) is 12.0. The molecule has 0 radical (unpaired) electrons. The highest BCUT2D eigenvalue weighted by Crippen LogP contribution is 2.19. The fourth-order valence-corrected chi connectivity index (χ4v) is 2.74. The Balaban J connectivity index is 2.10. The second-order valence-corrected chi connectivity index (χ2v) is 6.46. The van der Waals surface area contributed by atoms with E-state index >= 15 is 0 Å². The van der Waals surface area contributed by atoms with Crippen LogP contribution in [0.25, 0.3) is 6.08 Å². The van der Waals surface area contributed by atoms with Crippen LogP contribution in [0.2, 0.25) is 5.02 Å². The summed E-state index contributed by atoms with van der Waals surface area (Å²) in [6.45, 7) is 2.39. The molecule has 0 spiro atoms. The first-order valence-corrected chi connectivity index (χ1v) is 8.60. The smallest absolute Gasteiger partial charge is 0.255 e. The van der Waals surface area contributed by atoms with E-state index in [9.17, 15) is 8.42 Å². The van der Waals surface area contributed by atoms with Gasteiger partial charge in [-0.3, -0.25) is 4.72 Å². The minimum atomic E-state index is -3.59. The molecule has 6 heteroatoms.